The maximum atomic E-state index is 11.9. The first-order chi connectivity index (χ1) is 5.88. The Morgan fingerprint density at radius 2 is 1.75 bits per heavy atom. The van der Waals surface area contributed by atoms with Gasteiger partial charge in [0.15, 0.2) is 0 Å². The molecule has 0 aromatic heterocycles. The average molecular weight is 171 g/mol. The van der Waals surface area contributed by atoms with Gasteiger partial charge in [-0.1, -0.05) is 12.8 Å². The van der Waals surface area contributed by atoms with Gasteiger partial charge in [0.25, 0.3) is 0 Å². The van der Waals surface area contributed by atoms with Crippen molar-refractivity contribution < 1.29 is 4.39 Å². The smallest absolute Gasteiger partial charge is 0.102 e. The second kappa shape index (κ2) is 3.73. The number of halogens is 1. The highest BCUT2D eigenvalue weighted by atomic mass is 19.1. The van der Waals surface area contributed by atoms with Crippen LogP contribution in [0, 0.1) is 11.8 Å². The topological polar surface area (TPSA) is 12.0 Å². The average Bonchev–Trinajstić information content (AvgIpc) is 2.42. The molecule has 0 heterocycles. The van der Waals surface area contributed by atoms with Crippen LogP contribution in [0.3, 0.4) is 0 Å². The summed E-state index contributed by atoms with van der Waals surface area (Å²) in [5, 5.41) is 3.30. The first-order valence-electron chi connectivity index (χ1n) is 5.18. The van der Waals surface area contributed by atoms with Gasteiger partial charge >= 0.3 is 0 Å². The third-order valence-electron chi connectivity index (χ3n) is 3.41. The molecule has 12 heavy (non-hydrogen) atoms. The quantitative estimate of drug-likeness (QED) is 0.686. The second-order valence-corrected chi connectivity index (χ2v) is 4.36. The summed E-state index contributed by atoms with van der Waals surface area (Å²) in [6.45, 7) is 0.343. The van der Waals surface area contributed by atoms with E-state index in [2.05, 4.69) is 5.32 Å². The summed E-state index contributed by atoms with van der Waals surface area (Å²) in [6, 6.07) is 0.631. The van der Waals surface area contributed by atoms with Crippen LogP contribution in [0.15, 0.2) is 0 Å². The Labute approximate surface area is 73.7 Å². The lowest BCUT2D eigenvalue weighted by Gasteiger charge is -2.28. The third-order valence-corrected chi connectivity index (χ3v) is 3.41. The summed E-state index contributed by atoms with van der Waals surface area (Å²) in [5.74, 6) is 1.92. The molecule has 3 atom stereocenters. The van der Waals surface area contributed by atoms with Crippen LogP contribution in [0.1, 0.15) is 32.1 Å². The minimum atomic E-state index is -0.216. The van der Waals surface area contributed by atoms with Gasteiger partial charge in [0.1, 0.15) is 6.67 Å². The molecule has 2 bridgehead atoms. The van der Waals surface area contributed by atoms with Crippen molar-refractivity contribution >= 4 is 0 Å². The van der Waals surface area contributed by atoms with Crippen LogP contribution in [0.2, 0.25) is 0 Å². The maximum absolute atomic E-state index is 11.9. The van der Waals surface area contributed by atoms with E-state index in [1.807, 2.05) is 0 Å². The Balaban J connectivity index is 1.78. The van der Waals surface area contributed by atoms with E-state index in [0.717, 1.165) is 11.8 Å². The van der Waals surface area contributed by atoms with E-state index < -0.39 is 0 Å². The molecule has 0 amide bonds. The highest BCUT2D eigenvalue weighted by Gasteiger charge is 2.33. The van der Waals surface area contributed by atoms with E-state index in [0.29, 0.717) is 12.6 Å². The molecule has 1 nitrogen and oxygen atoms in total. The van der Waals surface area contributed by atoms with Gasteiger partial charge in [-0.3, -0.25) is 0 Å². The highest BCUT2D eigenvalue weighted by Crippen LogP contribution is 2.41. The summed E-state index contributed by atoms with van der Waals surface area (Å²) >= 11 is 0. The zero-order chi connectivity index (χ0) is 8.39. The van der Waals surface area contributed by atoms with Crippen LogP contribution in [-0.4, -0.2) is 19.3 Å². The largest absolute Gasteiger partial charge is 0.311 e. The fourth-order valence-corrected chi connectivity index (χ4v) is 2.93. The highest BCUT2D eigenvalue weighted by molar-refractivity contribution is 4.88. The first kappa shape index (κ1) is 8.49. The number of hydrogen-bond acceptors (Lipinski definition) is 1. The van der Waals surface area contributed by atoms with E-state index in [1.54, 1.807) is 0 Å². The Kier molecular flexibility index (Phi) is 2.64. The van der Waals surface area contributed by atoms with Crippen molar-refractivity contribution in [2.75, 3.05) is 13.2 Å². The first-order valence-corrected chi connectivity index (χ1v) is 5.18. The molecular weight excluding hydrogens is 153 g/mol. The van der Waals surface area contributed by atoms with Crippen molar-refractivity contribution in [2.45, 2.75) is 38.1 Å². The molecular formula is C10H18FN. The summed E-state index contributed by atoms with van der Waals surface area (Å²) < 4.78 is 11.9. The molecule has 0 aromatic rings. The van der Waals surface area contributed by atoms with Crippen molar-refractivity contribution in [2.24, 2.45) is 11.8 Å². The van der Waals surface area contributed by atoms with E-state index in [1.165, 1.54) is 32.1 Å². The fraction of sp³-hybridized carbons (Fsp3) is 1.00. The minimum absolute atomic E-state index is 0.216. The zero-order valence-electron chi connectivity index (χ0n) is 7.56. The number of rotatable bonds is 3. The summed E-state index contributed by atoms with van der Waals surface area (Å²) in [6.07, 6.45) is 6.91. The molecule has 2 aliphatic rings. The molecule has 0 spiro atoms. The lowest BCUT2D eigenvalue weighted by Crippen LogP contribution is -2.35. The third kappa shape index (κ3) is 1.79. The Hall–Kier alpha value is -0.110. The van der Waals surface area contributed by atoms with Gasteiger partial charge in [-0.15, -0.1) is 0 Å². The van der Waals surface area contributed by atoms with Crippen LogP contribution < -0.4 is 5.32 Å². The van der Waals surface area contributed by atoms with E-state index >= 15 is 0 Å². The number of nitrogens with one attached hydrogen (secondary N) is 1. The molecule has 2 saturated carbocycles. The Morgan fingerprint density at radius 1 is 1.08 bits per heavy atom. The van der Waals surface area contributed by atoms with Gasteiger partial charge in [-0.2, -0.15) is 0 Å². The second-order valence-electron chi connectivity index (χ2n) is 4.36. The molecule has 2 fully saturated rings. The summed E-state index contributed by atoms with van der Waals surface area (Å²) in [7, 11) is 0. The Morgan fingerprint density at radius 3 is 2.33 bits per heavy atom. The zero-order valence-corrected chi connectivity index (χ0v) is 7.56. The normalized spacial score (nSPS) is 40.2. The number of hydrogen-bond donors (Lipinski definition) is 1. The molecule has 2 heteroatoms. The van der Waals surface area contributed by atoms with E-state index in [9.17, 15) is 4.39 Å². The van der Waals surface area contributed by atoms with Crippen LogP contribution >= 0.6 is 0 Å². The lowest BCUT2D eigenvalue weighted by molar-refractivity contribution is 0.275. The number of fused-ring (bicyclic) bond motifs is 2. The summed E-state index contributed by atoms with van der Waals surface area (Å²) in [5.41, 5.74) is 0. The van der Waals surface area contributed by atoms with Gasteiger partial charge in [0, 0.05) is 12.6 Å². The van der Waals surface area contributed by atoms with Crippen molar-refractivity contribution in [3.63, 3.8) is 0 Å². The lowest BCUT2D eigenvalue weighted by atomic mass is 9.85. The van der Waals surface area contributed by atoms with Crippen molar-refractivity contribution in [1.82, 2.24) is 5.32 Å². The monoisotopic (exact) mass is 171 g/mol. The molecule has 0 aromatic carbocycles. The Bertz CT molecular complexity index is 137. The van der Waals surface area contributed by atoms with Crippen LogP contribution in [0.5, 0.6) is 0 Å². The van der Waals surface area contributed by atoms with Gasteiger partial charge in [-0.25, -0.2) is 4.39 Å². The van der Waals surface area contributed by atoms with Gasteiger partial charge < -0.3 is 5.32 Å². The summed E-state index contributed by atoms with van der Waals surface area (Å²) in [4.78, 5) is 0. The molecule has 2 aliphatic carbocycles. The van der Waals surface area contributed by atoms with Crippen LogP contribution in [0.25, 0.3) is 0 Å². The van der Waals surface area contributed by atoms with Gasteiger partial charge in [0.2, 0.25) is 0 Å². The molecule has 1 unspecified atom stereocenters. The molecule has 0 aliphatic heterocycles. The van der Waals surface area contributed by atoms with Crippen molar-refractivity contribution in [3.8, 4) is 0 Å². The maximum Gasteiger partial charge on any atom is 0.102 e. The minimum Gasteiger partial charge on any atom is -0.311 e. The van der Waals surface area contributed by atoms with Crippen LogP contribution in [0.4, 0.5) is 4.39 Å². The van der Waals surface area contributed by atoms with E-state index in [4.69, 9.17) is 0 Å². The number of alkyl halides is 1. The van der Waals surface area contributed by atoms with Gasteiger partial charge in [-0.05, 0) is 31.1 Å². The molecule has 1 N–H and O–H groups in total. The predicted octanol–water partition coefficient (Wildman–Crippen LogP) is 2.12. The molecule has 0 saturated heterocycles. The molecule has 70 valence electrons. The van der Waals surface area contributed by atoms with Crippen LogP contribution in [-0.2, 0) is 0 Å². The SMILES string of the molecule is FCCNC1C[C@H]2CC[C@@H](C1)C2. The molecule has 0 radical (unpaired) electrons. The van der Waals surface area contributed by atoms with E-state index in [-0.39, 0.29) is 6.67 Å². The van der Waals surface area contributed by atoms with Crippen molar-refractivity contribution in [3.05, 3.63) is 0 Å². The van der Waals surface area contributed by atoms with Crippen molar-refractivity contribution in [1.29, 1.82) is 0 Å². The standard InChI is InChI=1S/C10H18FN/c11-3-4-12-10-6-8-1-2-9(5-8)7-10/h8-10,12H,1-7H2/t8-,9+,10?. The molecule has 2 rings (SSSR count). The predicted molar refractivity (Wildman–Crippen MR) is 47.8 cm³/mol. The van der Waals surface area contributed by atoms with Gasteiger partial charge in [0.05, 0.1) is 0 Å². The fourth-order valence-electron chi connectivity index (χ4n) is 2.93.